The van der Waals surface area contributed by atoms with Crippen molar-refractivity contribution in [3.05, 3.63) is 64.3 Å². The first-order valence-corrected chi connectivity index (χ1v) is 9.25. The van der Waals surface area contributed by atoms with Crippen molar-refractivity contribution in [3.63, 3.8) is 0 Å². The van der Waals surface area contributed by atoms with Crippen molar-refractivity contribution in [2.24, 2.45) is 0 Å². The number of hydrogen-bond acceptors (Lipinski definition) is 5. The normalized spacial score (nSPS) is 10.6. The molecule has 0 radical (unpaired) electrons. The summed E-state index contributed by atoms with van der Waals surface area (Å²) >= 11 is 7.57. The van der Waals surface area contributed by atoms with Crippen molar-refractivity contribution < 1.29 is 4.79 Å². The summed E-state index contributed by atoms with van der Waals surface area (Å²) in [6, 6.07) is 11.0. The van der Waals surface area contributed by atoms with Crippen LogP contribution in [0.2, 0.25) is 5.02 Å². The maximum absolute atomic E-state index is 11.4. The number of imidazole rings is 1. The van der Waals surface area contributed by atoms with Crippen LogP contribution < -0.4 is 5.32 Å². The third kappa shape index (κ3) is 3.90. The standard InChI is InChI=1S/C19H15ClN4OS.BrH/c1-11-18(24-8-7-14(20)9-17(24)21-11)16-10-26-19(23-16)22-15-5-3-13(4-6-15)12(2)25;/h3-10H,1-2H3,(H,22,23);1H. The zero-order valence-electron chi connectivity index (χ0n) is 14.6. The Balaban J connectivity index is 0.00000210. The number of aromatic nitrogens is 3. The molecule has 0 bridgehead atoms. The molecule has 0 unspecified atom stereocenters. The molecule has 138 valence electrons. The summed E-state index contributed by atoms with van der Waals surface area (Å²) in [6.07, 6.45) is 1.90. The van der Waals surface area contributed by atoms with Crippen molar-refractivity contribution in [1.82, 2.24) is 14.4 Å². The Labute approximate surface area is 175 Å². The van der Waals surface area contributed by atoms with Crippen LogP contribution in [-0.4, -0.2) is 20.2 Å². The predicted octanol–water partition coefficient (Wildman–Crippen LogP) is 5.94. The topological polar surface area (TPSA) is 59.3 Å². The number of ketones is 1. The summed E-state index contributed by atoms with van der Waals surface area (Å²) < 4.78 is 1.99. The first-order valence-electron chi connectivity index (χ1n) is 7.99. The number of aryl methyl sites for hydroxylation is 1. The number of benzene rings is 1. The number of anilines is 2. The van der Waals surface area contributed by atoms with Crippen molar-refractivity contribution in [2.75, 3.05) is 5.32 Å². The number of nitrogens with zero attached hydrogens (tertiary/aromatic N) is 3. The van der Waals surface area contributed by atoms with E-state index in [0.29, 0.717) is 10.6 Å². The quantitative estimate of drug-likeness (QED) is 0.380. The van der Waals surface area contributed by atoms with Crippen LogP contribution in [0.5, 0.6) is 0 Å². The van der Waals surface area contributed by atoms with Gasteiger partial charge in [-0.25, -0.2) is 9.97 Å². The molecule has 0 spiro atoms. The van der Waals surface area contributed by atoms with Gasteiger partial charge in [-0.2, -0.15) is 0 Å². The highest BCUT2D eigenvalue weighted by Crippen LogP contribution is 2.30. The summed E-state index contributed by atoms with van der Waals surface area (Å²) in [5, 5.41) is 6.70. The SMILES string of the molecule is Br.CC(=O)c1ccc(Nc2nc(-c3c(C)nc4cc(Cl)ccn34)cs2)cc1. The van der Waals surface area contributed by atoms with Crippen LogP contribution in [0.4, 0.5) is 10.8 Å². The van der Waals surface area contributed by atoms with Crippen LogP contribution in [0.25, 0.3) is 17.0 Å². The van der Waals surface area contributed by atoms with Crippen molar-refractivity contribution in [3.8, 4) is 11.4 Å². The number of pyridine rings is 1. The number of rotatable bonds is 4. The minimum absolute atomic E-state index is 0. The Morgan fingerprint density at radius 3 is 2.63 bits per heavy atom. The van der Waals surface area contributed by atoms with Crippen molar-refractivity contribution >= 4 is 62.2 Å². The average Bonchev–Trinajstić information content (AvgIpc) is 3.18. The molecule has 0 saturated carbocycles. The van der Waals surface area contributed by atoms with Crippen LogP contribution in [0.15, 0.2) is 48.0 Å². The van der Waals surface area contributed by atoms with Crippen LogP contribution in [-0.2, 0) is 0 Å². The van der Waals surface area contributed by atoms with E-state index < -0.39 is 0 Å². The zero-order chi connectivity index (χ0) is 18.3. The molecular formula is C19H16BrClN4OS. The third-order valence-corrected chi connectivity index (χ3v) is 5.04. The number of carbonyl (C=O) groups is 1. The fraction of sp³-hybridized carbons (Fsp3) is 0.105. The van der Waals surface area contributed by atoms with Gasteiger partial charge in [0.25, 0.3) is 0 Å². The molecule has 1 N–H and O–H groups in total. The Morgan fingerprint density at radius 1 is 1.19 bits per heavy atom. The molecule has 8 heteroatoms. The molecule has 4 rings (SSSR count). The maximum atomic E-state index is 11.4. The molecule has 5 nitrogen and oxygen atoms in total. The lowest BCUT2D eigenvalue weighted by molar-refractivity contribution is 0.101. The summed E-state index contributed by atoms with van der Waals surface area (Å²) in [5.41, 5.74) is 5.08. The summed E-state index contributed by atoms with van der Waals surface area (Å²) in [7, 11) is 0. The average molecular weight is 464 g/mol. The van der Waals surface area contributed by atoms with Crippen molar-refractivity contribution in [1.29, 1.82) is 0 Å². The molecule has 0 aliphatic carbocycles. The molecule has 0 amide bonds. The molecule has 1 aromatic carbocycles. The molecule has 0 fully saturated rings. The van der Waals surface area contributed by atoms with Gasteiger partial charge >= 0.3 is 0 Å². The number of halogens is 2. The second-order valence-corrected chi connectivity index (χ2v) is 7.21. The highest BCUT2D eigenvalue weighted by molar-refractivity contribution is 8.93. The lowest BCUT2D eigenvalue weighted by Crippen LogP contribution is -1.94. The number of hydrogen-bond donors (Lipinski definition) is 1. The molecule has 0 atom stereocenters. The Morgan fingerprint density at radius 2 is 1.93 bits per heavy atom. The van der Waals surface area contributed by atoms with E-state index in [9.17, 15) is 4.79 Å². The second-order valence-electron chi connectivity index (χ2n) is 5.92. The predicted molar refractivity (Wildman–Crippen MR) is 116 cm³/mol. The van der Waals surface area contributed by atoms with Gasteiger partial charge in [0.2, 0.25) is 0 Å². The number of nitrogens with one attached hydrogen (secondary N) is 1. The number of fused-ring (bicyclic) bond motifs is 1. The first-order chi connectivity index (χ1) is 12.5. The van der Waals surface area contributed by atoms with E-state index in [1.54, 1.807) is 19.1 Å². The Kier molecular flexibility index (Phi) is 5.64. The summed E-state index contributed by atoms with van der Waals surface area (Å²) in [6.45, 7) is 3.52. The lowest BCUT2D eigenvalue weighted by atomic mass is 10.1. The van der Waals surface area contributed by atoms with Gasteiger partial charge < -0.3 is 5.32 Å². The third-order valence-electron chi connectivity index (χ3n) is 4.05. The molecule has 3 heterocycles. The Hall–Kier alpha value is -2.22. The van der Waals surface area contributed by atoms with E-state index in [2.05, 4.69) is 15.3 Å². The smallest absolute Gasteiger partial charge is 0.187 e. The summed E-state index contributed by atoms with van der Waals surface area (Å²) in [4.78, 5) is 20.6. The lowest BCUT2D eigenvalue weighted by Gasteiger charge is -2.03. The first kappa shape index (κ1) is 19.5. The maximum Gasteiger partial charge on any atom is 0.187 e. The highest BCUT2D eigenvalue weighted by atomic mass is 79.9. The minimum Gasteiger partial charge on any atom is -0.332 e. The van der Waals surface area contributed by atoms with E-state index in [0.717, 1.165) is 33.5 Å². The molecule has 3 aromatic heterocycles. The van der Waals surface area contributed by atoms with E-state index in [1.807, 2.05) is 47.2 Å². The van der Waals surface area contributed by atoms with Crippen LogP contribution in [0.1, 0.15) is 23.0 Å². The van der Waals surface area contributed by atoms with Gasteiger partial charge in [0.15, 0.2) is 10.9 Å². The monoisotopic (exact) mass is 462 g/mol. The molecule has 4 aromatic rings. The van der Waals surface area contributed by atoms with Crippen LogP contribution >= 0.6 is 39.9 Å². The van der Waals surface area contributed by atoms with Gasteiger partial charge in [-0.05, 0) is 44.2 Å². The molecule has 0 aliphatic rings. The summed E-state index contributed by atoms with van der Waals surface area (Å²) in [5.74, 6) is 0.0521. The van der Waals surface area contributed by atoms with Gasteiger partial charge in [-0.3, -0.25) is 9.20 Å². The van der Waals surface area contributed by atoms with Gasteiger partial charge in [0, 0.05) is 33.9 Å². The molecule has 0 aliphatic heterocycles. The highest BCUT2D eigenvalue weighted by Gasteiger charge is 2.14. The van der Waals surface area contributed by atoms with Gasteiger partial charge in [0.1, 0.15) is 11.3 Å². The minimum atomic E-state index is 0. The van der Waals surface area contributed by atoms with Gasteiger partial charge in [-0.15, -0.1) is 28.3 Å². The van der Waals surface area contributed by atoms with E-state index in [4.69, 9.17) is 11.6 Å². The van der Waals surface area contributed by atoms with Gasteiger partial charge in [0.05, 0.1) is 11.4 Å². The zero-order valence-corrected chi connectivity index (χ0v) is 17.8. The number of Topliss-reactive ketones (excluding diaryl/α,β-unsaturated/α-hetero) is 1. The largest absolute Gasteiger partial charge is 0.332 e. The fourth-order valence-electron chi connectivity index (χ4n) is 2.80. The van der Waals surface area contributed by atoms with Crippen LogP contribution in [0.3, 0.4) is 0 Å². The van der Waals surface area contributed by atoms with E-state index in [-0.39, 0.29) is 22.8 Å². The number of carbonyl (C=O) groups excluding carboxylic acids is 1. The molecule has 0 saturated heterocycles. The number of thiazole rings is 1. The molecule has 27 heavy (non-hydrogen) atoms. The van der Waals surface area contributed by atoms with Gasteiger partial charge in [-0.1, -0.05) is 11.6 Å². The van der Waals surface area contributed by atoms with Crippen molar-refractivity contribution in [2.45, 2.75) is 13.8 Å². The fourth-order valence-corrected chi connectivity index (χ4v) is 3.67. The second kappa shape index (κ2) is 7.80. The van der Waals surface area contributed by atoms with E-state index >= 15 is 0 Å². The Bertz CT molecular complexity index is 1120. The van der Waals surface area contributed by atoms with Crippen LogP contribution in [0, 0.1) is 6.92 Å². The molecular weight excluding hydrogens is 448 g/mol. The van der Waals surface area contributed by atoms with E-state index in [1.165, 1.54) is 11.3 Å².